The lowest BCUT2D eigenvalue weighted by molar-refractivity contribution is -0.296. The van der Waals surface area contributed by atoms with Crippen molar-refractivity contribution in [2.75, 3.05) is 7.11 Å². The molecular weight excluding hydrogens is 506 g/mol. The van der Waals surface area contributed by atoms with Gasteiger partial charge < -0.3 is 44.8 Å². The third-order valence-electron chi connectivity index (χ3n) is 9.09. The van der Waals surface area contributed by atoms with Gasteiger partial charge in [0.2, 0.25) is 0 Å². The van der Waals surface area contributed by atoms with Crippen LogP contribution >= 0.6 is 0 Å². The van der Waals surface area contributed by atoms with Crippen LogP contribution in [-0.4, -0.2) is 92.8 Å². The van der Waals surface area contributed by atoms with E-state index in [2.05, 4.69) is 0 Å². The molecule has 0 aromatic rings. The fraction of sp³-hybridized carbons (Fsp3) is 0.931. The van der Waals surface area contributed by atoms with Gasteiger partial charge in [-0.3, -0.25) is 4.79 Å². The molecule has 0 spiro atoms. The molecule has 10 heteroatoms. The molecule has 0 aromatic heterocycles. The Hall–Kier alpha value is -1.14. The Labute approximate surface area is 233 Å². The van der Waals surface area contributed by atoms with Crippen molar-refractivity contribution in [2.24, 2.45) is 23.7 Å². The van der Waals surface area contributed by atoms with Crippen molar-refractivity contribution in [3.63, 3.8) is 0 Å². The second-order valence-corrected chi connectivity index (χ2v) is 12.9. The zero-order valence-electron chi connectivity index (χ0n) is 25.4. The smallest absolute Gasteiger partial charge is 0.311 e. The first-order valence-electron chi connectivity index (χ1n) is 14.3. The van der Waals surface area contributed by atoms with E-state index in [9.17, 15) is 25.2 Å². The number of ether oxygens (including phenoxy) is 4. The number of esters is 1. The SMILES string of the molecule is CC[C@H]1OC(=O)[C@H](C)[C@@H](O[C@H]2C[C@@](C)(OC)[C@@H](O)[C@H](C)O2)[C@H](C)C[C@](C)(O)C[C@@H](C)C(=N)[C@H](C)[C@@H](O)[C@]1(C)O. The van der Waals surface area contributed by atoms with Gasteiger partial charge in [-0.05, 0) is 65.7 Å². The summed E-state index contributed by atoms with van der Waals surface area (Å²) in [6, 6.07) is 0. The molecule has 2 rings (SSSR count). The summed E-state index contributed by atoms with van der Waals surface area (Å²) in [4.78, 5) is 13.5. The predicted molar refractivity (Wildman–Crippen MR) is 146 cm³/mol. The Morgan fingerprint density at radius 1 is 0.974 bits per heavy atom. The number of hydrogen-bond acceptors (Lipinski definition) is 10. The molecule has 2 aliphatic heterocycles. The van der Waals surface area contributed by atoms with Gasteiger partial charge in [-0.15, -0.1) is 0 Å². The quantitative estimate of drug-likeness (QED) is 0.327. The average molecular weight is 560 g/mol. The van der Waals surface area contributed by atoms with Crippen molar-refractivity contribution in [1.29, 1.82) is 5.41 Å². The highest BCUT2D eigenvalue weighted by Gasteiger charge is 2.49. The Bertz CT molecular complexity index is 849. The van der Waals surface area contributed by atoms with Crippen molar-refractivity contribution in [3.05, 3.63) is 0 Å². The van der Waals surface area contributed by atoms with Crippen LogP contribution < -0.4 is 0 Å². The summed E-state index contributed by atoms with van der Waals surface area (Å²) in [5, 5.41) is 53.1. The minimum absolute atomic E-state index is 0.206. The lowest BCUT2D eigenvalue weighted by atomic mass is 9.75. The molecular formula is C29H53NO9. The van der Waals surface area contributed by atoms with Crippen LogP contribution in [0.5, 0.6) is 0 Å². The molecule has 5 N–H and O–H groups in total. The van der Waals surface area contributed by atoms with E-state index in [4.69, 9.17) is 24.4 Å². The van der Waals surface area contributed by atoms with Gasteiger partial charge in [-0.2, -0.15) is 0 Å². The van der Waals surface area contributed by atoms with E-state index in [1.807, 2.05) is 13.8 Å². The number of carbonyl (C=O) groups excluding carboxylic acids is 1. The number of hydrogen-bond donors (Lipinski definition) is 5. The molecule has 2 saturated heterocycles. The Kier molecular flexibility index (Phi) is 11.2. The van der Waals surface area contributed by atoms with Gasteiger partial charge in [0, 0.05) is 25.2 Å². The summed E-state index contributed by atoms with van der Waals surface area (Å²) in [5.41, 5.74) is -3.74. The van der Waals surface area contributed by atoms with Gasteiger partial charge in [0.25, 0.3) is 0 Å². The molecule has 2 fully saturated rings. The molecule has 228 valence electrons. The zero-order valence-corrected chi connectivity index (χ0v) is 25.4. The Morgan fingerprint density at radius 2 is 1.56 bits per heavy atom. The van der Waals surface area contributed by atoms with Crippen LogP contribution in [0.4, 0.5) is 0 Å². The summed E-state index contributed by atoms with van der Waals surface area (Å²) in [6.07, 6.45) is -4.38. The molecule has 2 heterocycles. The third-order valence-corrected chi connectivity index (χ3v) is 9.09. The maximum absolute atomic E-state index is 13.5. The van der Waals surface area contributed by atoms with Gasteiger partial charge in [-0.25, -0.2) is 0 Å². The minimum atomic E-state index is -1.82. The van der Waals surface area contributed by atoms with Gasteiger partial charge >= 0.3 is 5.97 Å². The van der Waals surface area contributed by atoms with Crippen LogP contribution in [-0.2, 0) is 23.7 Å². The van der Waals surface area contributed by atoms with Crippen molar-refractivity contribution < 1.29 is 44.2 Å². The molecule has 0 unspecified atom stereocenters. The largest absolute Gasteiger partial charge is 0.459 e. The first kappa shape index (κ1) is 34.1. The molecule has 0 radical (unpaired) electrons. The first-order valence-corrected chi connectivity index (χ1v) is 14.3. The second kappa shape index (κ2) is 12.8. The van der Waals surface area contributed by atoms with Crippen LogP contribution in [0.2, 0.25) is 0 Å². The van der Waals surface area contributed by atoms with Crippen LogP contribution in [0.15, 0.2) is 0 Å². The molecule has 0 aromatic carbocycles. The average Bonchev–Trinajstić information content (AvgIpc) is 2.85. The van der Waals surface area contributed by atoms with E-state index < -0.39 is 71.4 Å². The van der Waals surface area contributed by atoms with E-state index in [1.165, 1.54) is 14.0 Å². The standard InChI is InChI=1S/C29H53NO9/c1-11-20-29(9,35)24(31)17(4)22(30)15(2)12-27(7,34)13-16(3)23(18(5)26(33)38-20)39-21-14-28(8,36-10)25(32)19(6)37-21/h15-21,23-25,30-32,34-35H,11-14H2,1-10H3/t15-,16-,17+,18-,19+,20-,21+,23+,24-,25+,27-,28-,29-/m1/s1. The van der Waals surface area contributed by atoms with Crippen LogP contribution in [0.1, 0.15) is 88.0 Å². The van der Waals surface area contributed by atoms with Crippen molar-refractivity contribution >= 4 is 11.7 Å². The Morgan fingerprint density at radius 3 is 2.10 bits per heavy atom. The van der Waals surface area contributed by atoms with Crippen molar-refractivity contribution in [1.82, 2.24) is 0 Å². The molecule has 10 nitrogen and oxygen atoms in total. The molecule has 0 saturated carbocycles. The molecule has 0 aliphatic carbocycles. The molecule has 13 atom stereocenters. The monoisotopic (exact) mass is 559 g/mol. The molecule has 39 heavy (non-hydrogen) atoms. The van der Waals surface area contributed by atoms with Crippen LogP contribution in [0, 0.1) is 29.1 Å². The highest BCUT2D eigenvalue weighted by atomic mass is 16.7. The number of carbonyl (C=O) groups is 1. The van der Waals surface area contributed by atoms with Crippen molar-refractivity contribution in [3.8, 4) is 0 Å². The van der Waals surface area contributed by atoms with Crippen LogP contribution in [0.3, 0.4) is 0 Å². The Balaban J connectivity index is 2.48. The van der Waals surface area contributed by atoms with Crippen LogP contribution in [0.25, 0.3) is 0 Å². The van der Waals surface area contributed by atoms with E-state index in [1.54, 1.807) is 41.5 Å². The summed E-state index contributed by atoms with van der Waals surface area (Å²) in [5.74, 6) is -2.86. The first-order chi connectivity index (χ1) is 17.8. The second-order valence-electron chi connectivity index (χ2n) is 12.9. The van der Waals surface area contributed by atoms with Crippen molar-refractivity contribution in [2.45, 2.75) is 142 Å². The summed E-state index contributed by atoms with van der Waals surface area (Å²) < 4.78 is 23.8. The molecule has 2 aliphatic rings. The van der Waals surface area contributed by atoms with Gasteiger partial charge in [0.05, 0.1) is 35.4 Å². The summed E-state index contributed by atoms with van der Waals surface area (Å²) in [7, 11) is 1.52. The lowest BCUT2D eigenvalue weighted by Crippen LogP contribution is -2.58. The van der Waals surface area contributed by atoms with E-state index in [0.29, 0.717) is 0 Å². The summed E-state index contributed by atoms with van der Waals surface area (Å²) in [6.45, 7) is 15.4. The van der Waals surface area contributed by atoms with Gasteiger partial charge in [-0.1, -0.05) is 27.7 Å². The number of aliphatic hydroxyl groups is 4. The number of methoxy groups -OCH3 is 1. The van der Waals surface area contributed by atoms with Gasteiger partial charge in [0.1, 0.15) is 17.8 Å². The molecule has 0 amide bonds. The van der Waals surface area contributed by atoms with E-state index >= 15 is 0 Å². The highest BCUT2D eigenvalue weighted by molar-refractivity contribution is 5.86. The third kappa shape index (κ3) is 7.58. The number of rotatable bonds is 4. The number of cyclic esters (lactones) is 1. The molecule has 0 bridgehead atoms. The zero-order chi connectivity index (χ0) is 30.1. The topological polar surface area (TPSA) is 159 Å². The van der Waals surface area contributed by atoms with E-state index in [0.717, 1.165) is 0 Å². The van der Waals surface area contributed by atoms with E-state index in [-0.39, 0.29) is 43.2 Å². The maximum atomic E-state index is 13.5. The maximum Gasteiger partial charge on any atom is 0.311 e. The predicted octanol–water partition coefficient (Wildman–Crippen LogP) is 2.82. The fourth-order valence-electron chi connectivity index (χ4n) is 6.49. The number of aliphatic hydroxyl groups excluding tert-OH is 2. The lowest BCUT2D eigenvalue weighted by Gasteiger charge is -2.46. The van der Waals surface area contributed by atoms with Gasteiger partial charge in [0.15, 0.2) is 6.29 Å². The summed E-state index contributed by atoms with van der Waals surface area (Å²) >= 11 is 0. The minimum Gasteiger partial charge on any atom is -0.459 e. The highest BCUT2D eigenvalue weighted by Crippen LogP contribution is 2.38. The fourth-order valence-corrected chi connectivity index (χ4v) is 6.49. The number of nitrogens with one attached hydrogen (secondary N) is 1. The normalized spacial score (nSPS) is 49.3.